The number of halogens is 1. The van der Waals surface area contributed by atoms with Crippen molar-refractivity contribution in [1.29, 1.82) is 5.41 Å². The standard InChI is InChI=1S/C22H22ClN5OS/c1-4-5-6-19-26-28-20(24)18(21(29)25-22(28)30-19)12-15-11-13(2)27(14(15)3)17-9-7-16(23)8-10-17/h7-12,24H,4-6H2,1-3H3/b18-12+,24-20?. The zero-order valence-corrected chi connectivity index (χ0v) is 18.6. The zero-order chi connectivity index (χ0) is 21.4. The second kappa shape index (κ2) is 8.24. The van der Waals surface area contributed by atoms with E-state index in [-0.39, 0.29) is 11.4 Å². The van der Waals surface area contributed by atoms with Gasteiger partial charge in [0.2, 0.25) is 5.17 Å². The number of thioether (sulfide) groups is 1. The monoisotopic (exact) mass is 439 g/mol. The van der Waals surface area contributed by atoms with Crippen molar-refractivity contribution in [2.45, 2.75) is 40.0 Å². The number of aromatic nitrogens is 1. The second-order valence-corrected chi connectivity index (χ2v) is 8.73. The number of hydrogen-bond acceptors (Lipinski definition) is 4. The third kappa shape index (κ3) is 3.75. The number of rotatable bonds is 5. The van der Waals surface area contributed by atoms with Crippen LogP contribution in [0.3, 0.4) is 0 Å². The number of carbonyl (C=O) groups is 1. The SMILES string of the molecule is CCCCC1=NN2C(=N)/C(=C\c3cc(C)n(-c4ccc(Cl)cc4)c3C)C(=O)N=C2S1. The van der Waals surface area contributed by atoms with E-state index in [0.717, 1.165) is 46.9 Å². The van der Waals surface area contributed by atoms with E-state index in [4.69, 9.17) is 17.0 Å². The lowest BCUT2D eigenvalue weighted by Crippen LogP contribution is -2.35. The molecule has 2 aliphatic rings. The van der Waals surface area contributed by atoms with Crippen molar-refractivity contribution in [1.82, 2.24) is 9.58 Å². The Morgan fingerprint density at radius 1 is 1.23 bits per heavy atom. The highest BCUT2D eigenvalue weighted by atomic mass is 35.5. The molecule has 0 unspecified atom stereocenters. The number of hydrazone groups is 1. The third-order valence-corrected chi connectivity index (χ3v) is 6.32. The maximum atomic E-state index is 12.7. The van der Waals surface area contributed by atoms with E-state index in [1.54, 1.807) is 6.08 Å². The lowest BCUT2D eigenvalue weighted by atomic mass is 10.1. The van der Waals surface area contributed by atoms with Gasteiger partial charge in [0.25, 0.3) is 5.91 Å². The van der Waals surface area contributed by atoms with Crippen molar-refractivity contribution in [2.75, 3.05) is 0 Å². The summed E-state index contributed by atoms with van der Waals surface area (Å²) in [6.45, 7) is 6.12. The molecule has 30 heavy (non-hydrogen) atoms. The van der Waals surface area contributed by atoms with E-state index >= 15 is 0 Å². The van der Waals surface area contributed by atoms with Gasteiger partial charge in [-0.3, -0.25) is 10.2 Å². The first-order valence-corrected chi connectivity index (χ1v) is 11.0. The predicted molar refractivity (Wildman–Crippen MR) is 125 cm³/mol. The van der Waals surface area contributed by atoms with Crippen LogP contribution in [-0.4, -0.2) is 31.5 Å². The molecule has 0 saturated heterocycles. The molecule has 154 valence electrons. The maximum absolute atomic E-state index is 12.7. The number of aryl methyl sites for hydroxylation is 1. The molecule has 0 fully saturated rings. The summed E-state index contributed by atoms with van der Waals surface area (Å²) in [6.07, 6.45) is 4.66. The fourth-order valence-corrected chi connectivity index (χ4v) is 4.59. The first-order valence-electron chi connectivity index (χ1n) is 9.83. The van der Waals surface area contributed by atoms with Gasteiger partial charge in [0.05, 0.1) is 5.57 Å². The number of nitrogens with zero attached hydrogens (tertiary/aromatic N) is 4. The van der Waals surface area contributed by atoms with Crippen LogP contribution in [0, 0.1) is 19.3 Å². The Hall–Kier alpha value is -2.64. The molecule has 1 aromatic carbocycles. The molecule has 2 aliphatic heterocycles. The van der Waals surface area contributed by atoms with Gasteiger partial charge in [0, 0.05) is 22.1 Å². The molecule has 1 N–H and O–H groups in total. The third-order valence-electron chi connectivity index (χ3n) is 5.10. The largest absolute Gasteiger partial charge is 0.318 e. The molecule has 2 aromatic rings. The normalized spacial score (nSPS) is 17.5. The quantitative estimate of drug-likeness (QED) is 0.620. The number of amides is 1. The lowest BCUT2D eigenvalue weighted by Gasteiger charge is -2.20. The fraction of sp³-hybridized carbons (Fsp3) is 0.273. The predicted octanol–water partition coefficient (Wildman–Crippen LogP) is 5.56. The summed E-state index contributed by atoms with van der Waals surface area (Å²) in [6, 6.07) is 9.62. The van der Waals surface area contributed by atoms with E-state index in [9.17, 15) is 4.79 Å². The fourth-order valence-electron chi connectivity index (χ4n) is 3.54. The molecule has 0 bridgehead atoms. The van der Waals surface area contributed by atoms with Gasteiger partial charge in [-0.25, -0.2) is 0 Å². The summed E-state index contributed by atoms with van der Waals surface area (Å²) in [5.41, 5.74) is 4.11. The number of unbranched alkanes of at least 4 members (excludes halogenated alkanes) is 1. The van der Waals surface area contributed by atoms with Gasteiger partial charge in [-0.05, 0) is 80.4 Å². The Bertz CT molecular complexity index is 1130. The van der Waals surface area contributed by atoms with E-state index in [2.05, 4.69) is 21.6 Å². The number of hydrogen-bond donors (Lipinski definition) is 1. The maximum Gasteiger partial charge on any atom is 0.283 e. The van der Waals surface area contributed by atoms with Crippen LogP contribution in [0.15, 0.2) is 46.0 Å². The van der Waals surface area contributed by atoms with Gasteiger partial charge in [0.1, 0.15) is 5.04 Å². The minimum absolute atomic E-state index is 0.0697. The first-order chi connectivity index (χ1) is 14.4. The highest BCUT2D eigenvalue weighted by Crippen LogP contribution is 2.31. The summed E-state index contributed by atoms with van der Waals surface area (Å²) >= 11 is 7.40. The minimum atomic E-state index is -0.401. The number of benzene rings is 1. The van der Waals surface area contributed by atoms with Crippen molar-refractivity contribution in [3.05, 3.63) is 57.9 Å². The molecule has 3 heterocycles. The number of carbonyl (C=O) groups excluding carboxylic acids is 1. The van der Waals surface area contributed by atoms with Crippen LogP contribution in [0.5, 0.6) is 0 Å². The van der Waals surface area contributed by atoms with Crippen molar-refractivity contribution in [3.8, 4) is 5.69 Å². The van der Waals surface area contributed by atoms with E-state index in [1.165, 1.54) is 16.8 Å². The van der Waals surface area contributed by atoms with E-state index in [1.807, 2.05) is 44.2 Å². The molecule has 0 aliphatic carbocycles. The van der Waals surface area contributed by atoms with Crippen LogP contribution < -0.4 is 0 Å². The summed E-state index contributed by atoms with van der Waals surface area (Å²) < 4.78 is 2.10. The Morgan fingerprint density at radius 3 is 2.67 bits per heavy atom. The van der Waals surface area contributed by atoms with Gasteiger partial charge in [-0.2, -0.15) is 15.1 Å². The molecule has 1 amide bonds. The van der Waals surface area contributed by atoms with Gasteiger partial charge in [0.15, 0.2) is 5.84 Å². The van der Waals surface area contributed by atoms with Crippen molar-refractivity contribution in [3.63, 3.8) is 0 Å². The van der Waals surface area contributed by atoms with Gasteiger partial charge < -0.3 is 4.57 Å². The molecular weight excluding hydrogens is 418 g/mol. The van der Waals surface area contributed by atoms with Crippen LogP contribution in [0.1, 0.15) is 43.1 Å². The van der Waals surface area contributed by atoms with E-state index in [0.29, 0.717) is 10.2 Å². The molecule has 0 atom stereocenters. The van der Waals surface area contributed by atoms with Crippen LogP contribution in [0.2, 0.25) is 5.02 Å². The second-order valence-electron chi connectivity index (χ2n) is 7.26. The number of amidine groups is 2. The van der Waals surface area contributed by atoms with Crippen LogP contribution in [0.25, 0.3) is 11.8 Å². The van der Waals surface area contributed by atoms with Crippen LogP contribution in [-0.2, 0) is 4.79 Å². The highest BCUT2D eigenvalue weighted by Gasteiger charge is 2.35. The minimum Gasteiger partial charge on any atom is -0.318 e. The van der Waals surface area contributed by atoms with Crippen molar-refractivity contribution >= 4 is 51.4 Å². The molecule has 0 spiro atoms. The Labute approximate surface area is 184 Å². The molecular formula is C22H22ClN5OS. The average molecular weight is 440 g/mol. The highest BCUT2D eigenvalue weighted by molar-refractivity contribution is 8.26. The Kier molecular flexibility index (Phi) is 5.66. The average Bonchev–Trinajstić information content (AvgIpc) is 3.24. The van der Waals surface area contributed by atoms with Gasteiger partial charge in [-0.1, -0.05) is 24.9 Å². The summed E-state index contributed by atoms with van der Waals surface area (Å²) in [5.74, 6) is -0.331. The number of nitrogens with one attached hydrogen (secondary N) is 1. The van der Waals surface area contributed by atoms with Gasteiger partial charge in [-0.15, -0.1) is 0 Å². The molecule has 6 nitrogen and oxygen atoms in total. The molecule has 0 saturated carbocycles. The Morgan fingerprint density at radius 2 is 1.97 bits per heavy atom. The molecule has 0 radical (unpaired) electrons. The summed E-state index contributed by atoms with van der Waals surface area (Å²) in [5, 5.41) is 16.6. The summed E-state index contributed by atoms with van der Waals surface area (Å²) in [4.78, 5) is 16.9. The zero-order valence-electron chi connectivity index (χ0n) is 17.1. The van der Waals surface area contributed by atoms with E-state index < -0.39 is 5.91 Å². The van der Waals surface area contributed by atoms with Gasteiger partial charge >= 0.3 is 0 Å². The molecule has 4 rings (SSSR count). The Balaban J connectivity index is 1.68. The first kappa shape index (κ1) is 20.6. The smallest absolute Gasteiger partial charge is 0.283 e. The van der Waals surface area contributed by atoms with Crippen LogP contribution >= 0.6 is 23.4 Å². The molecule has 1 aromatic heterocycles. The lowest BCUT2D eigenvalue weighted by molar-refractivity contribution is -0.114. The topological polar surface area (TPSA) is 73.8 Å². The summed E-state index contributed by atoms with van der Waals surface area (Å²) in [7, 11) is 0. The number of aliphatic imine (C=N–C) groups is 1. The van der Waals surface area contributed by atoms with Crippen LogP contribution in [0.4, 0.5) is 0 Å². The molecule has 8 heteroatoms. The number of fused-ring (bicyclic) bond motifs is 1. The van der Waals surface area contributed by atoms with Crippen molar-refractivity contribution in [2.24, 2.45) is 10.1 Å². The van der Waals surface area contributed by atoms with Crippen molar-refractivity contribution < 1.29 is 4.79 Å².